The first kappa shape index (κ1) is 38.0. The van der Waals surface area contributed by atoms with Gasteiger partial charge in [0, 0.05) is 44.7 Å². The van der Waals surface area contributed by atoms with Gasteiger partial charge in [-0.3, -0.25) is 19.2 Å². The van der Waals surface area contributed by atoms with Crippen molar-refractivity contribution in [2.75, 3.05) is 19.8 Å². The van der Waals surface area contributed by atoms with E-state index in [9.17, 15) is 24.0 Å². The third kappa shape index (κ3) is 8.57. The van der Waals surface area contributed by atoms with Crippen LogP contribution in [0.3, 0.4) is 0 Å². The summed E-state index contributed by atoms with van der Waals surface area (Å²) in [5, 5.41) is 9.17. The molecule has 0 N–H and O–H groups in total. The molecule has 4 aromatic rings. The maximum absolute atomic E-state index is 12.5. The molecule has 1 saturated heterocycles. The van der Waals surface area contributed by atoms with Gasteiger partial charge in [0.1, 0.15) is 29.8 Å². The Morgan fingerprint density at radius 2 is 1.59 bits per heavy atom. The van der Waals surface area contributed by atoms with E-state index in [4.69, 9.17) is 43.1 Å². The molecule has 2 aliphatic rings. The minimum absolute atomic E-state index is 0.120. The number of benzene rings is 1. The van der Waals surface area contributed by atoms with Gasteiger partial charge in [0.15, 0.2) is 30.4 Å². The van der Waals surface area contributed by atoms with Crippen LogP contribution in [0.2, 0.25) is 0 Å². The summed E-state index contributed by atoms with van der Waals surface area (Å²) in [6.07, 6.45) is -4.89. The van der Waals surface area contributed by atoms with Crippen molar-refractivity contribution in [3.05, 3.63) is 52.7 Å². The molecule has 54 heavy (non-hydrogen) atoms. The van der Waals surface area contributed by atoms with Crippen LogP contribution in [0.15, 0.2) is 36.5 Å². The summed E-state index contributed by atoms with van der Waals surface area (Å²) in [5.74, 6) is -2.14. The summed E-state index contributed by atoms with van der Waals surface area (Å²) < 4.78 is 40.7. The van der Waals surface area contributed by atoms with Crippen LogP contribution in [-0.4, -0.2) is 104 Å². The molecule has 0 spiro atoms. The van der Waals surface area contributed by atoms with Gasteiger partial charge in [-0.25, -0.2) is 14.5 Å². The number of esters is 4. The monoisotopic (exact) mass is 766 g/mol. The predicted octanol–water partition coefficient (Wildman–Crippen LogP) is 3.30. The van der Waals surface area contributed by atoms with Gasteiger partial charge in [0.05, 0.1) is 24.7 Å². The van der Waals surface area contributed by atoms with Crippen LogP contribution in [0.1, 0.15) is 57.0 Å². The van der Waals surface area contributed by atoms with Gasteiger partial charge in [-0.15, -0.1) is 16.4 Å². The first-order valence-corrected chi connectivity index (χ1v) is 17.9. The number of nitrogens with zero attached hydrogens (tertiary/aromatic N) is 6. The van der Waals surface area contributed by atoms with Crippen molar-refractivity contribution >= 4 is 51.5 Å². The Bertz CT molecular complexity index is 2040. The fourth-order valence-corrected chi connectivity index (χ4v) is 7.44. The van der Waals surface area contributed by atoms with E-state index in [0.29, 0.717) is 41.7 Å². The zero-order valence-corrected chi connectivity index (χ0v) is 30.9. The Morgan fingerprint density at radius 3 is 2.28 bits per heavy atom. The molecule has 0 unspecified atom stereocenters. The first-order chi connectivity index (χ1) is 25.9. The minimum atomic E-state index is -1.38. The van der Waals surface area contributed by atoms with Gasteiger partial charge in [-0.05, 0) is 18.9 Å². The molecule has 2 aliphatic heterocycles. The van der Waals surface area contributed by atoms with Crippen molar-refractivity contribution in [1.82, 2.24) is 29.9 Å². The highest BCUT2D eigenvalue weighted by molar-refractivity contribution is 7.18. The molecule has 1 aromatic carbocycles. The molecule has 18 nitrogen and oxygen atoms in total. The topological polar surface area (TPSA) is 210 Å². The highest BCUT2D eigenvalue weighted by atomic mass is 32.1. The Labute approximate surface area is 312 Å². The van der Waals surface area contributed by atoms with Gasteiger partial charge in [-0.1, -0.05) is 35.5 Å². The second-order valence-electron chi connectivity index (χ2n) is 12.3. The number of hydrogen-bond acceptors (Lipinski definition) is 17. The van der Waals surface area contributed by atoms with Crippen LogP contribution in [0.4, 0.5) is 4.79 Å². The lowest BCUT2D eigenvalue weighted by Gasteiger charge is -2.44. The van der Waals surface area contributed by atoms with E-state index in [1.807, 2.05) is 30.3 Å². The molecule has 286 valence electrons. The fourth-order valence-electron chi connectivity index (χ4n) is 6.22. The Morgan fingerprint density at radius 1 is 0.889 bits per heavy atom. The first-order valence-electron chi connectivity index (χ1n) is 17.0. The maximum atomic E-state index is 12.5. The molecule has 0 bridgehead atoms. The van der Waals surface area contributed by atoms with Gasteiger partial charge in [0.2, 0.25) is 5.88 Å². The molecule has 0 radical (unpaired) electrons. The van der Waals surface area contributed by atoms with Crippen molar-refractivity contribution in [2.45, 2.75) is 84.8 Å². The largest absolute Gasteiger partial charge is 0.470 e. The standard InChI is InChI=1S/C35H38N6O12S/c1-6-47-35(46)40-13-12-24-26(15-40)54-33-27(24)32(36-31(37-33)22-10-8-7-9-11-22)49-16-23-14-41(39-38-23)34-30(52-21(5)45)29(51-20(4)44)28(50-19(3)43)25(53-34)17-48-18(2)42/h7-11,14,25,28-30,34H,6,12-13,15-17H2,1-5H3/t25-,28-,29+,30-,34-/m1/s1. The number of carbonyl (C=O) groups is 5. The summed E-state index contributed by atoms with van der Waals surface area (Å²) in [4.78, 5) is 73.9. The fraction of sp³-hybridized carbons (Fsp3) is 0.457. The van der Waals surface area contributed by atoms with Crippen LogP contribution in [0, 0.1) is 0 Å². The van der Waals surface area contributed by atoms with Crippen LogP contribution in [0.5, 0.6) is 5.88 Å². The molecule has 5 heterocycles. The summed E-state index contributed by atoms with van der Waals surface area (Å²) in [5.41, 5.74) is 2.07. The molecule has 3 aromatic heterocycles. The average Bonchev–Trinajstić information content (AvgIpc) is 3.75. The van der Waals surface area contributed by atoms with E-state index in [0.717, 1.165) is 42.2 Å². The van der Waals surface area contributed by atoms with E-state index in [-0.39, 0.29) is 19.3 Å². The smallest absolute Gasteiger partial charge is 0.410 e. The van der Waals surface area contributed by atoms with E-state index in [1.165, 1.54) is 29.1 Å². The van der Waals surface area contributed by atoms with Crippen molar-refractivity contribution < 1.29 is 57.1 Å². The lowest BCUT2D eigenvalue weighted by atomic mass is 9.97. The molecule has 1 fully saturated rings. The number of hydrogen-bond donors (Lipinski definition) is 0. The van der Waals surface area contributed by atoms with Crippen LogP contribution >= 0.6 is 11.3 Å². The zero-order chi connectivity index (χ0) is 38.5. The lowest BCUT2D eigenvalue weighted by Crippen LogP contribution is -2.60. The maximum Gasteiger partial charge on any atom is 0.410 e. The van der Waals surface area contributed by atoms with Gasteiger partial charge >= 0.3 is 30.0 Å². The van der Waals surface area contributed by atoms with Crippen molar-refractivity contribution in [2.24, 2.45) is 0 Å². The highest BCUT2D eigenvalue weighted by Gasteiger charge is 2.53. The third-order valence-electron chi connectivity index (χ3n) is 8.37. The van der Waals surface area contributed by atoms with E-state index in [2.05, 4.69) is 10.3 Å². The Hall–Kier alpha value is -5.69. The number of ether oxygens (including phenoxy) is 7. The summed E-state index contributed by atoms with van der Waals surface area (Å²) in [6, 6.07) is 9.43. The minimum Gasteiger partial charge on any atom is -0.470 e. The molecular formula is C35H38N6O12S. The van der Waals surface area contributed by atoms with Gasteiger partial charge < -0.3 is 38.1 Å². The number of aromatic nitrogens is 5. The molecule has 0 saturated carbocycles. The Kier molecular flexibility index (Phi) is 11.7. The summed E-state index contributed by atoms with van der Waals surface area (Å²) in [6.45, 7) is 6.95. The number of rotatable bonds is 11. The second-order valence-corrected chi connectivity index (χ2v) is 13.4. The number of carbonyl (C=O) groups excluding carboxylic acids is 5. The van der Waals surface area contributed by atoms with Gasteiger partial charge in [0.25, 0.3) is 0 Å². The summed E-state index contributed by atoms with van der Waals surface area (Å²) in [7, 11) is 0. The number of fused-ring (bicyclic) bond motifs is 3. The molecule has 1 amide bonds. The predicted molar refractivity (Wildman–Crippen MR) is 186 cm³/mol. The van der Waals surface area contributed by atoms with Crippen LogP contribution in [-0.2, 0) is 67.2 Å². The molecule has 19 heteroatoms. The quantitative estimate of drug-likeness (QED) is 0.158. The van der Waals surface area contributed by atoms with Crippen molar-refractivity contribution in [3.63, 3.8) is 0 Å². The highest BCUT2D eigenvalue weighted by Crippen LogP contribution is 2.40. The lowest BCUT2D eigenvalue weighted by molar-refractivity contribution is -0.270. The van der Waals surface area contributed by atoms with Crippen LogP contribution < -0.4 is 4.74 Å². The third-order valence-corrected chi connectivity index (χ3v) is 9.48. The second kappa shape index (κ2) is 16.5. The number of amides is 1. The summed E-state index contributed by atoms with van der Waals surface area (Å²) >= 11 is 1.46. The molecular weight excluding hydrogens is 728 g/mol. The molecule has 5 atom stereocenters. The average molecular weight is 767 g/mol. The normalized spacial score (nSPS) is 20.8. The number of thiophene rings is 1. The Balaban J connectivity index is 1.32. The van der Waals surface area contributed by atoms with Gasteiger partial charge in [-0.2, -0.15) is 4.98 Å². The van der Waals surface area contributed by atoms with E-state index in [1.54, 1.807) is 11.8 Å². The van der Waals surface area contributed by atoms with Crippen molar-refractivity contribution in [3.8, 4) is 17.3 Å². The van der Waals surface area contributed by atoms with Crippen LogP contribution in [0.25, 0.3) is 21.6 Å². The molecule has 6 rings (SSSR count). The zero-order valence-electron chi connectivity index (χ0n) is 30.1. The van der Waals surface area contributed by atoms with E-state index < -0.39 is 61.1 Å². The van der Waals surface area contributed by atoms with E-state index >= 15 is 0 Å². The van der Waals surface area contributed by atoms with Crippen molar-refractivity contribution in [1.29, 1.82) is 0 Å². The molecule has 0 aliphatic carbocycles. The SMILES string of the molecule is CCOC(=O)N1CCc2c(sc3nc(-c4ccccc4)nc(OCc4cn([C@@H]5O[C@H](COC(C)=O)[C@@H](OC(C)=O)[C@H](OC(C)=O)[C@H]5OC(C)=O)nn4)c23)C1.